The third kappa shape index (κ3) is 3.03. The van der Waals surface area contributed by atoms with E-state index in [9.17, 15) is 4.79 Å². The van der Waals surface area contributed by atoms with Crippen LogP contribution in [0.3, 0.4) is 0 Å². The number of aromatic nitrogens is 2. The van der Waals surface area contributed by atoms with Crippen molar-refractivity contribution < 1.29 is 9.53 Å². The van der Waals surface area contributed by atoms with Crippen molar-refractivity contribution in [1.82, 2.24) is 9.97 Å². The number of pyridine rings is 2. The van der Waals surface area contributed by atoms with Gasteiger partial charge in [0.2, 0.25) is 0 Å². The molecule has 0 saturated carbocycles. The van der Waals surface area contributed by atoms with Gasteiger partial charge >= 0.3 is 5.97 Å². The van der Waals surface area contributed by atoms with Crippen LogP contribution in [0, 0.1) is 0 Å². The monoisotopic (exact) mass is 244 g/mol. The lowest BCUT2D eigenvalue weighted by atomic mass is 10.1. The van der Waals surface area contributed by atoms with Gasteiger partial charge in [0.1, 0.15) is 0 Å². The lowest BCUT2D eigenvalue weighted by molar-refractivity contribution is -0.143. The van der Waals surface area contributed by atoms with Crippen molar-refractivity contribution >= 4 is 17.0 Å². The molecule has 0 unspecified atom stereocenters. The topological polar surface area (TPSA) is 52.1 Å². The highest BCUT2D eigenvalue weighted by Crippen LogP contribution is 2.16. The molecule has 0 aromatic carbocycles. The van der Waals surface area contributed by atoms with Gasteiger partial charge in [-0.3, -0.25) is 4.79 Å². The van der Waals surface area contributed by atoms with Crippen LogP contribution >= 0.6 is 0 Å². The third-order valence-electron chi connectivity index (χ3n) is 2.74. The molecule has 94 valence electrons. The number of hydrogen-bond acceptors (Lipinski definition) is 4. The molecule has 0 aliphatic rings. The van der Waals surface area contributed by atoms with Crippen LogP contribution in [0.4, 0.5) is 0 Å². The molecular formula is C14H16N2O2. The van der Waals surface area contributed by atoms with Gasteiger partial charge in [0.05, 0.1) is 6.61 Å². The van der Waals surface area contributed by atoms with E-state index in [2.05, 4.69) is 9.97 Å². The quantitative estimate of drug-likeness (QED) is 0.758. The molecule has 2 heterocycles. The van der Waals surface area contributed by atoms with Crippen LogP contribution in [-0.4, -0.2) is 22.5 Å². The van der Waals surface area contributed by atoms with Gasteiger partial charge in [0.25, 0.3) is 0 Å². The number of hydrogen-bond donors (Lipinski definition) is 0. The minimum absolute atomic E-state index is 0.131. The zero-order chi connectivity index (χ0) is 12.8. The highest BCUT2D eigenvalue weighted by atomic mass is 16.5. The Morgan fingerprint density at radius 3 is 2.94 bits per heavy atom. The number of nitrogens with zero attached hydrogens (tertiary/aromatic N) is 2. The number of carbonyl (C=O) groups is 1. The molecule has 0 radical (unpaired) electrons. The summed E-state index contributed by atoms with van der Waals surface area (Å²) in [5, 5.41) is 1.06. The Labute approximate surface area is 106 Å². The molecule has 0 spiro atoms. The second kappa shape index (κ2) is 6.10. The van der Waals surface area contributed by atoms with Crippen molar-refractivity contribution in [3.05, 3.63) is 36.2 Å². The zero-order valence-corrected chi connectivity index (χ0v) is 10.4. The fourth-order valence-electron chi connectivity index (χ4n) is 1.91. The second-order valence-electron chi connectivity index (χ2n) is 4.00. The molecule has 0 amide bonds. The summed E-state index contributed by atoms with van der Waals surface area (Å²) in [5.41, 5.74) is 1.93. The average Bonchev–Trinajstić information content (AvgIpc) is 2.39. The van der Waals surface area contributed by atoms with Crippen molar-refractivity contribution in [1.29, 1.82) is 0 Å². The summed E-state index contributed by atoms with van der Waals surface area (Å²) < 4.78 is 4.90. The molecule has 0 aliphatic carbocycles. The van der Waals surface area contributed by atoms with Gasteiger partial charge in [0.15, 0.2) is 5.65 Å². The number of aryl methyl sites for hydroxylation is 1. The Morgan fingerprint density at radius 2 is 2.11 bits per heavy atom. The molecule has 0 aliphatic heterocycles. The number of ether oxygens (including phenoxy) is 1. The maximum absolute atomic E-state index is 11.2. The molecule has 4 nitrogen and oxygen atoms in total. The van der Waals surface area contributed by atoms with Crippen molar-refractivity contribution in [2.45, 2.75) is 26.2 Å². The largest absolute Gasteiger partial charge is 0.466 e. The van der Waals surface area contributed by atoms with E-state index in [4.69, 9.17) is 4.74 Å². The van der Waals surface area contributed by atoms with Gasteiger partial charge in [-0.15, -0.1) is 0 Å². The van der Waals surface area contributed by atoms with Crippen molar-refractivity contribution in [2.24, 2.45) is 0 Å². The first-order valence-corrected chi connectivity index (χ1v) is 6.15. The summed E-state index contributed by atoms with van der Waals surface area (Å²) in [5.74, 6) is -0.131. The molecule has 0 fully saturated rings. The van der Waals surface area contributed by atoms with Crippen LogP contribution in [0.1, 0.15) is 25.3 Å². The Bertz CT molecular complexity index is 535. The maximum Gasteiger partial charge on any atom is 0.305 e. The number of fused-ring (bicyclic) bond motifs is 1. The normalized spacial score (nSPS) is 10.5. The lowest BCUT2D eigenvalue weighted by Crippen LogP contribution is -2.04. The molecule has 0 bridgehead atoms. The Kier molecular flexibility index (Phi) is 4.23. The van der Waals surface area contributed by atoms with E-state index in [0.29, 0.717) is 13.0 Å². The van der Waals surface area contributed by atoms with Gasteiger partial charge in [-0.05, 0) is 43.5 Å². The molecule has 0 atom stereocenters. The fourth-order valence-corrected chi connectivity index (χ4v) is 1.91. The van der Waals surface area contributed by atoms with Crippen LogP contribution in [0.5, 0.6) is 0 Å². The van der Waals surface area contributed by atoms with E-state index in [1.807, 2.05) is 25.1 Å². The van der Waals surface area contributed by atoms with Gasteiger partial charge in [-0.1, -0.05) is 0 Å². The number of esters is 1. The van der Waals surface area contributed by atoms with Crippen molar-refractivity contribution in [3.8, 4) is 0 Å². The van der Waals surface area contributed by atoms with Crippen LogP contribution in [0.2, 0.25) is 0 Å². The zero-order valence-electron chi connectivity index (χ0n) is 10.4. The molecule has 2 rings (SSSR count). The molecular weight excluding hydrogens is 228 g/mol. The first-order valence-electron chi connectivity index (χ1n) is 6.15. The highest BCUT2D eigenvalue weighted by molar-refractivity contribution is 5.78. The SMILES string of the molecule is CCOC(=O)CCCc1ccnc2ncccc12. The fraction of sp³-hybridized carbons (Fsp3) is 0.357. The molecule has 2 aromatic heterocycles. The molecule has 4 heteroatoms. The number of rotatable bonds is 5. The van der Waals surface area contributed by atoms with Gasteiger partial charge in [-0.25, -0.2) is 9.97 Å². The van der Waals surface area contributed by atoms with Crippen LogP contribution in [0.15, 0.2) is 30.6 Å². The lowest BCUT2D eigenvalue weighted by Gasteiger charge is -2.05. The summed E-state index contributed by atoms with van der Waals surface area (Å²) in [4.78, 5) is 19.7. The Hall–Kier alpha value is -1.97. The molecule has 0 N–H and O–H groups in total. The van der Waals surface area contributed by atoms with Crippen LogP contribution < -0.4 is 0 Å². The van der Waals surface area contributed by atoms with Crippen molar-refractivity contribution in [3.63, 3.8) is 0 Å². The Morgan fingerprint density at radius 1 is 1.28 bits per heavy atom. The second-order valence-corrected chi connectivity index (χ2v) is 4.00. The van der Waals surface area contributed by atoms with E-state index in [-0.39, 0.29) is 5.97 Å². The van der Waals surface area contributed by atoms with E-state index < -0.39 is 0 Å². The van der Waals surface area contributed by atoms with E-state index in [1.165, 1.54) is 5.56 Å². The molecule has 0 saturated heterocycles. The summed E-state index contributed by atoms with van der Waals surface area (Å²) in [6, 6.07) is 5.89. The first-order chi connectivity index (χ1) is 8.81. The van der Waals surface area contributed by atoms with E-state index in [0.717, 1.165) is 23.9 Å². The maximum atomic E-state index is 11.2. The standard InChI is InChI=1S/C14H16N2O2/c1-2-18-13(17)7-3-5-11-8-10-16-14-12(11)6-4-9-15-14/h4,6,8-10H,2-3,5,7H2,1H3. The van der Waals surface area contributed by atoms with Gasteiger partial charge in [0, 0.05) is 24.2 Å². The van der Waals surface area contributed by atoms with Gasteiger partial charge < -0.3 is 4.74 Å². The predicted molar refractivity (Wildman–Crippen MR) is 69.1 cm³/mol. The third-order valence-corrected chi connectivity index (χ3v) is 2.74. The summed E-state index contributed by atoms with van der Waals surface area (Å²) in [6.45, 7) is 2.26. The van der Waals surface area contributed by atoms with Crippen LogP contribution in [0.25, 0.3) is 11.0 Å². The van der Waals surface area contributed by atoms with E-state index >= 15 is 0 Å². The molecule has 2 aromatic rings. The van der Waals surface area contributed by atoms with Gasteiger partial charge in [-0.2, -0.15) is 0 Å². The summed E-state index contributed by atoms with van der Waals surface area (Å²) in [6.07, 6.45) is 5.57. The summed E-state index contributed by atoms with van der Waals surface area (Å²) >= 11 is 0. The first kappa shape index (κ1) is 12.5. The van der Waals surface area contributed by atoms with Crippen molar-refractivity contribution in [2.75, 3.05) is 6.61 Å². The smallest absolute Gasteiger partial charge is 0.305 e. The minimum Gasteiger partial charge on any atom is -0.466 e. The Balaban J connectivity index is 2.01. The molecule has 18 heavy (non-hydrogen) atoms. The summed E-state index contributed by atoms with van der Waals surface area (Å²) in [7, 11) is 0. The average molecular weight is 244 g/mol. The predicted octanol–water partition coefficient (Wildman–Crippen LogP) is 2.52. The van der Waals surface area contributed by atoms with E-state index in [1.54, 1.807) is 12.4 Å². The minimum atomic E-state index is -0.131. The van der Waals surface area contributed by atoms with Crippen LogP contribution in [-0.2, 0) is 16.0 Å². The highest BCUT2D eigenvalue weighted by Gasteiger charge is 2.05. The number of carbonyl (C=O) groups excluding carboxylic acids is 1.